The van der Waals surface area contributed by atoms with E-state index in [1.54, 1.807) is 23.7 Å². The summed E-state index contributed by atoms with van der Waals surface area (Å²) in [6.07, 6.45) is 3.45. The van der Waals surface area contributed by atoms with Crippen LogP contribution in [0.25, 0.3) is 11.0 Å². The van der Waals surface area contributed by atoms with Gasteiger partial charge in [0.1, 0.15) is 0 Å². The highest BCUT2D eigenvalue weighted by Gasteiger charge is 2.18. The van der Waals surface area contributed by atoms with E-state index in [2.05, 4.69) is 34.3 Å². The van der Waals surface area contributed by atoms with E-state index >= 15 is 0 Å². The number of aromatic nitrogens is 2. The first-order chi connectivity index (χ1) is 9.79. The van der Waals surface area contributed by atoms with Gasteiger partial charge in [-0.3, -0.25) is 9.97 Å². The van der Waals surface area contributed by atoms with Crippen LogP contribution >= 0.6 is 22.9 Å². The first-order valence-electron chi connectivity index (χ1n) is 6.48. The fourth-order valence-electron chi connectivity index (χ4n) is 2.30. The van der Waals surface area contributed by atoms with Crippen LogP contribution in [0.1, 0.15) is 23.4 Å². The lowest BCUT2D eigenvalue weighted by atomic mass is 10.0. The SMILES string of the molecule is CCNC(c1ccc(Cl)s1)c1cccc2nccnc12. The van der Waals surface area contributed by atoms with Gasteiger partial charge in [-0.2, -0.15) is 0 Å². The molecule has 5 heteroatoms. The van der Waals surface area contributed by atoms with Crippen molar-refractivity contribution in [3.63, 3.8) is 0 Å². The van der Waals surface area contributed by atoms with Crippen molar-refractivity contribution < 1.29 is 0 Å². The average molecular weight is 304 g/mol. The predicted octanol–water partition coefficient (Wildman–Crippen LogP) is 4.04. The molecule has 1 unspecified atom stereocenters. The smallest absolute Gasteiger partial charge is 0.0938 e. The van der Waals surface area contributed by atoms with E-state index in [9.17, 15) is 0 Å². The average Bonchev–Trinajstić information content (AvgIpc) is 2.91. The number of hydrogen-bond acceptors (Lipinski definition) is 4. The molecule has 0 fully saturated rings. The Labute approximate surface area is 126 Å². The summed E-state index contributed by atoms with van der Waals surface area (Å²) in [6, 6.07) is 10.2. The van der Waals surface area contributed by atoms with E-state index in [-0.39, 0.29) is 6.04 Å². The fourth-order valence-corrected chi connectivity index (χ4v) is 3.46. The molecular formula is C15H14ClN3S. The van der Waals surface area contributed by atoms with Gasteiger partial charge in [-0.15, -0.1) is 11.3 Å². The van der Waals surface area contributed by atoms with E-state index in [4.69, 9.17) is 11.6 Å². The Kier molecular flexibility index (Phi) is 3.96. The van der Waals surface area contributed by atoms with Crippen LogP contribution in [0.15, 0.2) is 42.7 Å². The topological polar surface area (TPSA) is 37.8 Å². The van der Waals surface area contributed by atoms with Gasteiger partial charge in [0, 0.05) is 22.8 Å². The maximum absolute atomic E-state index is 6.07. The Bertz CT molecular complexity index is 720. The summed E-state index contributed by atoms with van der Waals surface area (Å²) < 4.78 is 0.800. The van der Waals surface area contributed by atoms with Gasteiger partial charge in [-0.25, -0.2) is 0 Å². The number of halogens is 1. The second-order valence-corrected chi connectivity index (χ2v) is 6.15. The van der Waals surface area contributed by atoms with E-state index in [0.717, 1.165) is 27.5 Å². The van der Waals surface area contributed by atoms with Gasteiger partial charge in [0.05, 0.1) is 21.4 Å². The fraction of sp³-hybridized carbons (Fsp3) is 0.200. The van der Waals surface area contributed by atoms with Gasteiger partial charge in [0.15, 0.2) is 0 Å². The minimum atomic E-state index is 0.0953. The Morgan fingerprint density at radius 2 is 2.05 bits per heavy atom. The van der Waals surface area contributed by atoms with Gasteiger partial charge in [0.2, 0.25) is 0 Å². The molecule has 3 aromatic rings. The number of para-hydroxylation sites is 1. The molecule has 0 saturated heterocycles. The summed E-state index contributed by atoms with van der Waals surface area (Å²) >= 11 is 7.67. The number of thiophene rings is 1. The van der Waals surface area contributed by atoms with Crippen molar-refractivity contribution in [2.45, 2.75) is 13.0 Å². The number of benzene rings is 1. The van der Waals surface area contributed by atoms with Crippen molar-refractivity contribution in [3.8, 4) is 0 Å². The normalized spacial score (nSPS) is 12.7. The largest absolute Gasteiger partial charge is 0.306 e. The Balaban J connectivity index is 2.14. The summed E-state index contributed by atoms with van der Waals surface area (Å²) in [5.41, 5.74) is 2.98. The predicted molar refractivity (Wildman–Crippen MR) is 84.4 cm³/mol. The number of rotatable bonds is 4. The second-order valence-electron chi connectivity index (χ2n) is 4.40. The molecule has 1 N–H and O–H groups in total. The molecule has 1 atom stereocenters. The molecule has 3 rings (SSSR count). The van der Waals surface area contributed by atoms with Crippen LogP contribution in [0.4, 0.5) is 0 Å². The summed E-state index contributed by atoms with van der Waals surface area (Å²) in [5.74, 6) is 0. The number of nitrogens with one attached hydrogen (secondary N) is 1. The zero-order chi connectivity index (χ0) is 13.9. The Morgan fingerprint density at radius 1 is 1.20 bits per heavy atom. The van der Waals surface area contributed by atoms with E-state index < -0.39 is 0 Å². The third kappa shape index (κ3) is 2.54. The monoisotopic (exact) mass is 303 g/mol. The molecule has 0 bridgehead atoms. The lowest BCUT2D eigenvalue weighted by molar-refractivity contribution is 0.642. The van der Waals surface area contributed by atoms with Gasteiger partial charge >= 0.3 is 0 Å². The summed E-state index contributed by atoms with van der Waals surface area (Å²) in [5, 5.41) is 3.50. The highest BCUT2D eigenvalue weighted by molar-refractivity contribution is 7.16. The molecule has 102 valence electrons. The van der Waals surface area contributed by atoms with Crippen molar-refractivity contribution in [1.82, 2.24) is 15.3 Å². The minimum Gasteiger partial charge on any atom is -0.306 e. The van der Waals surface area contributed by atoms with Crippen molar-refractivity contribution >= 4 is 34.0 Å². The maximum Gasteiger partial charge on any atom is 0.0938 e. The van der Waals surface area contributed by atoms with Gasteiger partial charge in [-0.05, 0) is 24.7 Å². The molecule has 1 aromatic carbocycles. The molecule has 0 amide bonds. The molecular weight excluding hydrogens is 290 g/mol. The van der Waals surface area contributed by atoms with Crippen LogP contribution in [0.5, 0.6) is 0 Å². The van der Waals surface area contributed by atoms with Crippen LogP contribution in [-0.4, -0.2) is 16.5 Å². The Morgan fingerprint density at radius 3 is 2.80 bits per heavy atom. The van der Waals surface area contributed by atoms with Crippen LogP contribution in [-0.2, 0) is 0 Å². The Hall–Kier alpha value is -1.49. The van der Waals surface area contributed by atoms with E-state index in [1.807, 2.05) is 18.2 Å². The third-order valence-electron chi connectivity index (χ3n) is 3.13. The van der Waals surface area contributed by atoms with Crippen LogP contribution in [0.2, 0.25) is 4.34 Å². The van der Waals surface area contributed by atoms with Crippen molar-refractivity contribution in [2.24, 2.45) is 0 Å². The van der Waals surface area contributed by atoms with Gasteiger partial charge in [0.25, 0.3) is 0 Å². The molecule has 0 saturated carbocycles. The number of hydrogen-bond donors (Lipinski definition) is 1. The first-order valence-corrected chi connectivity index (χ1v) is 7.67. The lowest BCUT2D eigenvalue weighted by Gasteiger charge is -2.18. The highest BCUT2D eigenvalue weighted by atomic mass is 35.5. The molecule has 0 aliphatic carbocycles. The summed E-state index contributed by atoms with van der Waals surface area (Å²) in [7, 11) is 0. The highest BCUT2D eigenvalue weighted by Crippen LogP contribution is 2.33. The molecule has 0 aliphatic rings. The number of nitrogens with zero attached hydrogens (tertiary/aromatic N) is 2. The maximum atomic E-state index is 6.07. The minimum absolute atomic E-state index is 0.0953. The van der Waals surface area contributed by atoms with Gasteiger partial charge < -0.3 is 5.32 Å². The molecule has 20 heavy (non-hydrogen) atoms. The third-order valence-corrected chi connectivity index (χ3v) is 4.42. The number of fused-ring (bicyclic) bond motifs is 1. The molecule has 2 aromatic heterocycles. The van der Waals surface area contributed by atoms with Crippen LogP contribution in [0.3, 0.4) is 0 Å². The first kappa shape index (κ1) is 13.5. The molecule has 0 aliphatic heterocycles. The van der Waals surface area contributed by atoms with Crippen LogP contribution in [0, 0.1) is 0 Å². The standard InChI is InChI=1S/C15H14ClN3S/c1-2-17-15(12-6-7-13(16)20-12)10-4-3-5-11-14(10)19-9-8-18-11/h3-9,15,17H,2H2,1H3. The van der Waals surface area contributed by atoms with Gasteiger partial charge in [-0.1, -0.05) is 30.7 Å². The quantitative estimate of drug-likeness (QED) is 0.790. The van der Waals surface area contributed by atoms with E-state index in [0.29, 0.717) is 0 Å². The zero-order valence-corrected chi connectivity index (χ0v) is 12.6. The molecule has 3 nitrogen and oxygen atoms in total. The summed E-state index contributed by atoms with van der Waals surface area (Å²) in [4.78, 5) is 10.0. The molecule has 2 heterocycles. The van der Waals surface area contributed by atoms with Crippen molar-refractivity contribution in [2.75, 3.05) is 6.54 Å². The molecule has 0 spiro atoms. The summed E-state index contributed by atoms with van der Waals surface area (Å²) in [6.45, 7) is 2.97. The zero-order valence-electron chi connectivity index (χ0n) is 11.0. The lowest BCUT2D eigenvalue weighted by Crippen LogP contribution is -2.21. The van der Waals surface area contributed by atoms with Crippen LogP contribution < -0.4 is 5.32 Å². The van der Waals surface area contributed by atoms with E-state index in [1.165, 1.54) is 4.88 Å². The van der Waals surface area contributed by atoms with Crippen molar-refractivity contribution in [1.29, 1.82) is 0 Å². The molecule has 0 radical (unpaired) electrons. The second kappa shape index (κ2) is 5.87. The van der Waals surface area contributed by atoms with Crippen molar-refractivity contribution in [3.05, 3.63) is 57.5 Å².